The average molecular weight is 153 g/mol. The van der Waals surface area contributed by atoms with Gasteiger partial charge in [-0.05, 0) is 19.9 Å². The molecule has 0 spiro atoms. The summed E-state index contributed by atoms with van der Waals surface area (Å²) in [6.45, 7) is 8.06. The zero-order chi connectivity index (χ0) is 8.43. The fraction of sp³-hybridized carbons (Fsp3) is 0.500. The molecule has 1 aliphatic heterocycles. The predicted molar refractivity (Wildman–Crippen MR) is 46.4 cm³/mol. The summed E-state index contributed by atoms with van der Waals surface area (Å²) in [6.07, 6.45) is 3.79. The van der Waals surface area contributed by atoms with Crippen LogP contribution in [0, 0.1) is 0 Å². The summed E-state index contributed by atoms with van der Waals surface area (Å²) < 4.78 is 0. The van der Waals surface area contributed by atoms with Crippen molar-refractivity contribution < 1.29 is 0 Å². The van der Waals surface area contributed by atoms with E-state index in [1.165, 1.54) is 0 Å². The zero-order valence-electron chi connectivity index (χ0n) is 7.04. The molecular weight excluding hydrogens is 138 g/mol. The molecule has 3 N–H and O–H groups in total. The number of nitrogens with two attached hydrogens (primary N) is 1. The van der Waals surface area contributed by atoms with Gasteiger partial charge in [0.05, 0.1) is 12.0 Å². The molecule has 1 atom stereocenters. The molecule has 0 radical (unpaired) electrons. The SMILES string of the molecule is C=C1NC(N)C=CN1C(C)C. The third-order valence-electron chi connectivity index (χ3n) is 1.66. The van der Waals surface area contributed by atoms with E-state index in [2.05, 4.69) is 25.7 Å². The van der Waals surface area contributed by atoms with Crippen molar-refractivity contribution in [3.8, 4) is 0 Å². The van der Waals surface area contributed by atoms with Crippen molar-refractivity contribution in [2.24, 2.45) is 5.73 Å². The second kappa shape index (κ2) is 2.96. The fourth-order valence-electron chi connectivity index (χ4n) is 1.07. The number of nitrogens with zero attached hydrogens (tertiary/aromatic N) is 1. The highest BCUT2D eigenvalue weighted by Gasteiger charge is 2.13. The molecule has 1 rings (SSSR count). The van der Waals surface area contributed by atoms with Crippen LogP contribution < -0.4 is 11.1 Å². The van der Waals surface area contributed by atoms with Gasteiger partial charge in [-0.25, -0.2) is 0 Å². The highest BCUT2D eigenvalue weighted by Crippen LogP contribution is 2.09. The van der Waals surface area contributed by atoms with Gasteiger partial charge in [0.2, 0.25) is 0 Å². The minimum absolute atomic E-state index is 0.0856. The van der Waals surface area contributed by atoms with Crippen molar-refractivity contribution in [3.63, 3.8) is 0 Å². The molecule has 0 fully saturated rings. The summed E-state index contributed by atoms with van der Waals surface area (Å²) in [5.74, 6) is 0.870. The zero-order valence-corrected chi connectivity index (χ0v) is 7.04. The van der Waals surface area contributed by atoms with Gasteiger partial charge in [0.1, 0.15) is 0 Å². The van der Waals surface area contributed by atoms with Crippen molar-refractivity contribution >= 4 is 0 Å². The molecule has 0 bridgehead atoms. The van der Waals surface area contributed by atoms with Gasteiger partial charge < -0.3 is 16.0 Å². The molecule has 0 aromatic carbocycles. The first-order valence-electron chi connectivity index (χ1n) is 3.79. The Morgan fingerprint density at radius 1 is 1.73 bits per heavy atom. The lowest BCUT2D eigenvalue weighted by atomic mass is 10.3. The maximum atomic E-state index is 5.60. The largest absolute Gasteiger partial charge is 0.353 e. The van der Waals surface area contributed by atoms with Crippen LogP contribution in [-0.4, -0.2) is 17.1 Å². The van der Waals surface area contributed by atoms with Gasteiger partial charge in [-0.2, -0.15) is 0 Å². The van der Waals surface area contributed by atoms with Crippen LogP contribution in [0.25, 0.3) is 0 Å². The second-order valence-corrected chi connectivity index (χ2v) is 2.96. The quantitative estimate of drug-likeness (QED) is 0.578. The molecule has 0 saturated carbocycles. The third-order valence-corrected chi connectivity index (χ3v) is 1.66. The van der Waals surface area contributed by atoms with E-state index in [9.17, 15) is 0 Å². The smallest absolute Gasteiger partial charge is 0.0996 e. The van der Waals surface area contributed by atoms with Crippen molar-refractivity contribution in [1.82, 2.24) is 10.2 Å². The number of hydrogen-bond acceptors (Lipinski definition) is 3. The Bertz CT molecular complexity index is 184. The topological polar surface area (TPSA) is 41.3 Å². The van der Waals surface area contributed by atoms with E-state index >= 15 is 0 Å². The fourth-order valence-corrected chi connectivity index (χ4v) is 1.07. The van der Waals surface area contributed by atoms with Gasteiger partial charge >= 0.3 is 0 Å². The number of hydrogen-bond donors (Lipinski definition) is 2. The van der Waals surface area contributed by atoms with Crippen molar-refractivity contribution in [1.29, 1.82) is 0 Å². The van der Waals surface area contributed by atoms with E-state index in [0.29, 0.717) is 6.04 Å². The van der Waals surface area contributed by atoms with Crippen LogP contribution >= 0.6 is 0 Å². The van der Waals surface area contributed by atoms with E-state index in [1.807, 2.05) is 17.2 Å². The van der Waals surface area contributed by atoms with E-state index in [0.717, 1.165) is 5.82 Å². The summed E-state index contributed by atoms with van der Waals surface area (Å²) >= 11 is 0. The van der Waals surface area contributed by atoms with Gasteiger partial charge in [-0.3, -0.25) is 0 Å². The maximum Gasteiger partial charge on any atom is 0.0996 e. The van der Waals surface area contributed by atoms with E-state index in [4.69, 9.17) is 5.73 Å². The van der Waals surface area contributed by atoms with Gasteiger partial charge in [0.25, 0.3) is 0 Å². The summed E-state index contributed by atoms with van der Waals surface area (Å²) in [6, 6.07) is 0.429. The highest BCUT2D eigenvalue weighted by molar-refractivity contribution is 5.09. The Morgan fingerprint density at radius 2 is 2.36 bits per heavy atom. The molecule has 0 amide bonds. The van der Waals surface area contributed by atoms with E-state index in [-0.39, 0.29) is 6.17 Å². The molecule has 0 aromatic rings. The van der Waals surface area contributed by atoms with Crippen molar-refractivity contribution in [2.45, 2.75) is 26.1 Å². The Kier molecular flexibility index (Phi) is 2.19. The molecule has 3 nitrogen and oxygen atoms in total. The summed E-state index contributed by atoms with van der Waals surface area (Å²) in [4.78, 5) is 2.04. The minimum Gasteiger partial charge on any atom is -0.353 e. The first-order chi connectivity index (χ1) is 5.11. The number of rotatable bonds is 1. The molecular formula is C8H15N3. The third kappa shape index (κ3) is 1.74. The molecule has 1 unspecified atom stereocenters. The van der Waals surface area contributed by atoms with Crippen molar-refractivity contribution in [2.75, 3.05) is 0 Å². The molecule has 0 aliphatic carbocycles. The lowest BCUT2D eigenvalue weighted by molar-refractivity contribution is 0.333. The maximum absolute atomic E-state index is 5.60. The molecule has 1 aliphatic rings. The van der Waals surface area contributed by atoms with Crippen LogP contribution in [0.2, 0.25) is 0 Å². The Balaban J connectivity index is 2.68. The molecule has 62 valence electrons. The van der Waals surface area contributed by atoms with Gasteiger partial charge in [0.15, 0.2) is 0 Å². The average Bonchev–Trinajstić information content (AvgIpc) is 1.85. The Morgan fingerprint density at radius 3 is 2.82 bits per heavy atom. The minimum atomic E-state index is -0.0856. The molecule has 0 aromatic heterocycles. The van der Waals surface area contributed by atoms with Crippen LogP contribution in [0.3, 0.4) is 0 Å². The standard InChI is InChI=1S/C8H15N3/c1-6(2)11-5-4-8(9)10-7(11)3/h4-6,8,10H,3,9H2,1-2H3. The van der Waals surface area contributed by atoms with Crippen LogP contribution in [0.1, 0.15) is 13.8 Å². The lowest BCUT2D eigenvalue weighted by Gasteiger charge is -2.32. The van der Waals surface area contributed by atoms with E-state index in [1.54, 1.807) is 0 Å². The Hall–Kier alpha value is -0.960. The summed E-state index contributed by atoms with van der Waals surface area (Å²) in [7, 11) is 0. The first kappa shape index (κ1) is 8.14. The van der Waals surface area contributed by atoms with Crippen LogP contribution in [0.4, 0.5) is 0 Å². The lowest BCUT2D eigenvalue weighted by Crippen LogP contribution is -2.45. The summed E-state index contributed by atoms with van der Waals surface area (Å²) in [5.41, 5.74) is 5.60. The highest BCUT2D eigenvalue weighted by atomic mass is 15.3. The van der Waals surface area contributed by atoms with Crippen LogP contribution in [0.5, 0.6) is 0 Å². The van der Waals surface area contributed by atoms with E-state index < -0.39 is 0 Å². The van der Waals surface area contributed by atoms with Crippen LogP contribution in [-0.2, 0) is 0 Å². The van der Waals surface area contributed by atoms with Gasteiger partial charge in [-0.1, -0.05) is 6.58 Å². The molecule has 0 saturated heterocycles. The number of nitrogens with one attached hydrogen (secondary N) is 1. The van der Waals surface area contributed by atoms with Gasteiger partial charge in [-0.15, -0.1) is 0 Å². The van der Waals surface area contributed by atoms with Crippen molar-refractivity contribution in [3.05, 3.63) is 24.7 Å². The molecule has 11 heavy (non-hydrogen) atoms. The monoisotopic (exact) mass is 153 g/mol. The molecule has 1 heterocycles. The summed E-state index contributed by atoms with van der Waals surface area (Å²) in [5, 5.41) is 3.03. The first-order valence-corrected chi connectivity index (χ1v) is 3.79. The van der Waals surface area contributed by atoms with Crippen LogP contribution in [0.15, 0.2) is 24.7 Å². The Labute approximate surface area is 67.6 Å². The second-order valence-electron chi connectivity index (χ2n) is 2.96. The molecule has 3 heteroatoms. The van der Waals surface area contributed by atoms with Gasteiger partial charge in [0, 0.05) is 12.2 Å². The predicted octanol–water partition coefficient (Wildman–Crippen LogP) is 0.570. The normalized spacial score (nSPS) is 24.2.